The number of likely N-dealkylation sites (N-methyl/N-ethyl adjacent to an activating group) is 1. The third kappa shape index (κ3) is 4.31. The van der Waals surface area contributed by atoms with E-state index in [1.165, 1.54) is 0 Å². The number of aromatic nitrogens is 2. The van der Waals surface area contributed by atoms with Crippen LogP contribution in [0, 0.1) is 13.8 Å². The predicted molar refractivity (Wildman–Crippen MR) is 105 cm³/mol. The molecule has 6 nitrogen and oxygen atoms in total. The molecule has 138 valence electrons. The SMILES string of the molecule is CCN1CCN(c2cc(C(=O)Nc3ccc(C)c(Cl)c3)nc(C)n2)CC1. The average Bonchev–Trinajstić information content (AvgIpc) is 2.64. The summed E-state index contributed by atoms with van der Waals surface area (Å²) in [5.41, 5.74) is 1.98. The molecule has 0 atom stereocenters. The summed E-state index contributed by atoms with van der Waals surface area (Å²) < 4.78 is 0. The number of halogens is 1. The summed E-state index contributed by atoms with van der Waals surface area (Å²) in [5.74, 6) is 1.14. The molecule has 0 bridgehead atoms. The standard InChI is InChI=1S/C19H24ClN5O/c1-4-24-7-9-25(10-8-24)18-12-17(21-14(3)22-18)19(26)23-15-6-5-13(2)16(20)11-15/h5-6,11-12H,4,7-10H2,1-3H3,(H,23,26). The predicted octanol–water partition coefficient (Wildman–Crippen LogP) is 3.14. The molecule has 1 N–H and O–H groups in total. The average molecular weight is 374 g/mol. The summed E-state index contributed by atoms with van der Waals surface area (Å²) in [7, 11) is 0. The van der Waals surface area contributed by atoms with Crippen LogP contribution in [-0.4, -0.2) is 53.5 Å². The number of carbonyl (C=O) groups is 1. The van der Waals surface area contributed by atoms with E-state index < -0.39 is 0 Å². The topological polar surface area (TPSA) is 61.4 Å². The Morgan fingerprint density at radius 2 is 1.88 bits per heavy atom. The van der Waals surface area contributed by atoms with Gasteiger partial charge in [0.1, 0.15) is 17.3 Å². The van der Waals surface area contributed by atoms with Gasteiger partial charge in [0.05, 0.1) is 0 Å². The summed E-state index contributed by atoms with van der Waals surface area (Å²) in [5, 5.41) is 3.48. The maximum absolute atomic E-state index is 12.6. The van der Waals surface area contributed by atoms with E-state index in [0.29, 0.717) is 22.2 Å². The number of carbonyl (C=O) groups excluding carboxylic acids is 1. The number of hydrogen-bond acceptors (Lipinski definition) is 5. The van der Waals surface area contributed by atoms with Crippen molar-refractivity contribution >= 4 is 29.0 Å². The molecule has 7 heteroatoms. The lowest BCUT2D eigenvalue weighted by atomic mass is 10.2. The zero-order chi connectivity index (χ0) is 18.7. The van der Waals surface area contributed by atoms with E-state index in [1.54, 1.807) is 12.1 Å². The molecule has 2 aromatic rings. The Morgan fingerprint density at radius 1 is 1.15 bits per heavy atom. The first-order valence-electron chi connectivity index (χ1n) is 8.86. The molecule has 1 aliphatic rings. The summed E-state index contributed by atoms with van der Waals surface area (Å²) >= 11 is 6.13. The van der Waals surface area contributed by atoms with Crippen LogP contribution in [0.5, 0.6) is 0 Å². The fraction of sp³-hybridized carbons (Fsp3) is 0.421. The second-order valence-corrected chi connectivity index (χ2v) is 6.91. The van der Waals surface area contributed by atoms with Crippen LogP contribution in [0.4, 0.5) is 11.5 Å². The number of aryl methyl sites for hydroxylation is 2. The first-order valence-corrected chi connectivity index (χ1v) is 9.24. The Hall–Kier alpha value is -2.18. The molecule has 0 saturated carbocycles. The fourth-order valence-electron chi connectivity index (χ4n) is 2.99. The van der Waals surface area contributed by atoms with Crippen molar-refractivity contribution in [1.29, 1.82) is 0 Å². The summed E-state index contributed by atoms with van der Waals surface area (Å²) in [6.07, 6.45) is 0. The van der Waals surface area contributed by atoms with Crippen molar-refractivity contribution in [3.8, 4) is 0 Å². The monoisotopic (exact) mass is 373 g/mol. The molecule has 1 fully saturated rings. The molecule has 1 amide bonds. The third-order valence-corrected chi connectivity index (χ3v) is 5.04. The Bertz CT molecular complexity index is 803. The number of amides is 1. The van der Waals surface area contributed by atoms with Crippen molar-refractivity contribution in [2.45, 2.75) is 20.8 Å². The van der Waals surface area contributed by atoms with Crippen LogP contribution in [0.25, 0.3) is 0 Å². The van der Waals surface area contributed by atoms with Crippen LogP contribution in [0.2, 0.25) is 5.02 Å². The Balaban J connectivity index is 1.76. The normalized spacial score (nSPS) is 15.2. The van der Waals surface area contributed by atoms with Crippen LogP contribution < -0.4 is 10.2 Å². The molecule has 0 unspecified atom stereocenters. The van der Waals surface area contributed by atoms with Crippen LogP contribution >= 0.6 is 11.6 Å². The molecule has 1 aliphatic heterocycles. The second-order valence-electron chi connectivity index (χ2n) is 6.50. The maximum Gasteiger partial charge on any atom is 0.274 e. The molecule has 0 spiro atoms. The zero-order valence-corrected chi connectivity index (χ0v) is 16.2. The van der Waals surface area contributed by atoms with Crippen molar-refractivity contribution in [2.75, 3.05) is 42.9 Å². The van der Waals surface area contributed by atoms with Crippen molar-refractivity contribution in [2.24, 2.45) is 0 Å². The highest BCUT2D eigenvalue weighted by atomic mass is 35.5. The van der Waals surface area contributed by atoms with Crippen LogP contribution in [0.1, 0.15) is 28.8 Å². The van der Waals surface area contributed by atoms with Gasteiger partial charge >= 0.3 is 0 Å². The minimum Gasteiger partial charge on any atom is -0.354 e. The van der Waals surface area contributed by atoms with E-state index in [4.69, 9.17) is 11.6 Å². The highest BCUT2D eigenvalue weighted by molar-refractivity contribution is 6.31. The molecule has 3 rings (SSSR count). The van der Waals surface area contributed by atoms with Crippen molar-refractivity contribution in [1.82, 2.24) is 14.9 Å². The summed E-state index contributed by atoms with van der Waals surface area (Å²) in [4.78, 5) is 26.1. The van der Waals surface area contributed by atoms with E-state index in [2.05, 4.69) is 32.0 Å². The minimum atomic E-state index is -0.260. The number of benzene rings is 1. The Morgan fingerprint density at radius 3 is 2.54 bits per heavy atom. The number of piperazine rings is 1. The maximum atomic E-state index is 12.6. The minimum absolute atomic E-state index is 0.260. The largest absolute Gasteiger partial charge is 0.354 e. The van der Waals surface area contributed by atoms with E-state index in [9.17, 15) is 4.79 Å². The molecule has 0 radical (unpaired) electrons. The fourth-order valence-corrected chi connectivity index (χ4v) is 3.17. The molecule has 26 heavy (non-hydrogen) atoms. The highest BCUT2D eigenvalue weighted by Crippen LogP contribution is 2.21. The lowest BCUT2D eigenvalue weighted by molar-refractivity contribution is 0.102. The number of hydrogen-bond donors (Lipinski definition) is 1. The zero-order valence-electron chi connectivity index (χ0n) is 15.4. The van der Waals surface area contributed by atoms with Crippen molar-refractivity contribution in [3.05, 3.63) is 46.4 Å². The second kappa shape index (κ2) is 8.01. The smallest absolute Gasteiger partial charge is 0.274 e. The van der Waals surface area contributed by atoms with Crippen LogP contribution in [-0.2, 0) is 0 Å². The molecule has 2 heterocycles. The molecular weight excluding hydrogens is 350 g/mol. The van der Waals surface area contributed by atoms with Crippen molar-refractivity contribution in [3.63, 3.8) is 0 Å². The van der Waals surface area contributed by atoms with Gasteiger partial charge in [0.25, 0.3) is 5.91 Å². The first-order chi connectivity index (χ1) is 12.5. The molecular formula is C19H24ClN5O. The highest BCUT2D eigenvalue weighted by Gasteiger charge is 2.19. The van der Waals surface area contributed by atoms with Gasteiger partial charge in [0, 0.05) is 43.0 Å². The summed E-state index contributed by atoms with van der Waals surface area (Å²) in [6.45, 7) is 10.8. The van der Waals surface area contributed by atoms with Gasteiger partial charge in [-0.2, -0.15) is 0 Å². The van der Waals surface area contributed by atoms with Gasteiger partial charge in [0.15, 0.2) is 0 Å². The van der Waals surface area contributed by atoms with Gasteiger partial charge in [-0.3, -0.25) is 4.79 Å². The van der Waals surface area contributed by atoms with Gasteiger partial charge in [-0.25, -0.2) is 9.97 Å². The van der Waals surface area contributed by atoms with Gasteiger partial charge in [0.2, 0.25) is 0 Å². The first kappa shape index (κ1) is 18.6. The third-order valence-electron chi connectivity index (χ3n) is 4.63. The van der Waals surface area contributed by atoms with E-state index >= 15 is 0 Å². The Kier molecular flexibility index (Phi) is 5.74. The lowest BCUT2D eigenvalue weighted by Gasteiger charge is -2.34. The van der Waals surface area contributed by atoms with Gasteiger partial charge in [-0.1, -0.05) is 24.6 Å². The van der Waals surface area contributed by atoms with Crippen LogP contribution in [0.3, 0.4) is 0 Å². The molecule has 1 aromatic carbocycles. The molecule has 1 saturated heterocycles. The molecule has 0 aliphatic carbocycles. The van der Waals surface area contributed by atoms with Gasteiger partial charge < -0.3 is 15.1 Å². The van der Waals surface area contributed by atoms with Crippen LogP contribution in [0.15, 0.2) is 24.3 Å². The van der Waals surface area contributed by atoms with Crippen molar-refractivity contribution < 1.29 is 4.79 Å². The van der Waals surface area contributed by atoms with E-state index in [-0.39, 0.29) is 5.91 Å². The Labute approximate surface area is 159 Å². The quantitative estimate of drug-likeness (QED) is 0.892. The van der Waals surface area contributed by atoms with E-state index in [1.807, 2.05) is 26.0 Å². The molecule has 1 aromatic heterocycles. The summed E-state index contributed by atoms with van der Waals surface area (Å²) in [6, 6.07) is 7.22. The van der Waals surface area contributed by atoms with E-state index in [0.717, 1.165) is 44.1 Å². The van der Waals surface area contributed by atoms with Gasteiger partial charge in [-0.05, 0) is 38.1 Å². The number of anilines is 2. The number of nitrogens with one attached hydrogen (secondary N) is 1. The van der Waals surface area contributed by atoms with Gasteiger partial charge in [-0.15, -0.1) is 0 Å². The lowest BCUT2D eigenvalue weighted by Crippen LogP contribution is -2.46. The number of nitrogens with zero attached hydrogens (tertiary/aromatic N) is 4. The number of rotatable bonds is 4.